The van der Waals surface area contributed by atoms with E-state index in [1.54, 1.807) is 56.7 Å². The van der Waals surface area contributed by atoms with Crippen molar-refractivity contribution in [1.82, 2.24) is 4.98 Å². The van der Waals surface area contributed by atoms with Crippen molar-refractivity contribution >= 4 is 46.3 Å². The third-order valence-electron chi connectivity index (χ3n) is 4.24. The van der Waals surface area contributed by atoms with Crippen molar-refractivity contribution in [2.45, 2.75) is 10.8 Å². The molecular formula is C22H23N3O5S2. The quantitative estimate of drug-likeness (QED) is 0.428. The first-order chi connectivity index (χ1) is 15.5. The second-order valence-electron chi connectivity index (χ2n) is 6.46. The summed E-state index contributed by atoms with van der Waals surface area (Å²) >= 11 is 2.73. The van der Waals surface area contributed by atoms with E-state index in [9.17, 15) is 9.59 Å². The highest BCUT2D eigenvalue weighted by molar-refractivity contribution is 8.01. The van der Waals surface area contributed by atoms with Crippen LogP contribution in [-0.2, 0) is 16.0 Å². The molecule has 1 heterocycles. The zero-order valence-electron chi connectivity index (χ0n) is 17.8. The van der Waals surface area contributed by atoms with E-state index >= 15 is 0 Å². The summed E-state index contributed by atoms with van der Waals surface area (Å²) in [4.78, 5) is 29.0. The van der Waals surface area contributed by atoms with E-state index in [2.05, 4.69) is 15.6 Å². The zero-order valence-corrected chi connectivity index (χ0v) is 19.5. The highest BCUT2D eigenvalue weighted by atomic mass is 32.2. The summed E-state index contributed by atoms with van der Waals surface area (Å²) in [6.07, 6.45) is 0.128. The molecule has 0 radical (unpaired) electrons. The van der Waals surface area contributed by atoms with Crippen LogP contribution in [0.2, 0.25) is 0 Å². The van der Waals surface area contributed by atoms with E-state index in [1.165, 1.54) is 30.2 Å². The van der Waals surface area contributed by atoms with Gasteiger partial charge >= 0.3 is 0 Å². The van der Waals surface area contributed by atoms with E-state index < -0.39 is 0 Å². The molecule has 0 bridgehead atoms. The molecule has 0 fully saturated rings. The first kappa shape index (κ1) is 23.4. The third kappa shape index (κ3) is 6.63. The average molecular weight is 474 g/mol. The van der Waals surface area contributed by atoms with E-state index in [4.69, 9.17) is 14.2 Å². The monoisotopic (exact) mass is 473 g/mol. The summed E-state index contributed by atoms with van der Waals surface area (Å²) in [6, 6.07) is 12.3. The first-order valence-corrected chi connectivity index (χ1v) is 11.4. The van der Waals surface area contributed by atoms with Crippen molar-refractivity contribution in [3.8, 4) is 17.2 Å². The lowest BCUT2D eigenvalue weighted by Crippen LogP contribution is -2.15. The number of thiazole rings is 1. The molecule has 0 saturated heterocycles. The number of methoxy groups -OCH3 is 3. The van der Waals surface area contributed by atoms with Gasteiger partial charge in [0.25, 0.3) is 0 Å². The van der Waals surface area contributed by atoms with Crippen LogP contribution in [-0.4, -0.2) is 43.9 Å². The molecule has 8 nitrogen and oxygen atoms in total. The van der Waals surface area contributed by atoms with Gasteiger partial charge < -0.3 is 24.8 Å². The smallest absolute Gasteiger partial charge is 0.234 e. The molecule has 0 aliphatic carbocycles. The lowest BCUT2D eigenvalue weighted by Gasteiger charge is -2.10. The molecule has 3 rings (SSSR count). The van der Waals surface area contributed by atoms with Crippen molar-refractivity contribution in [3.05, 3.63) is 53.5 Å². The maximum Gasteiger partial charge on any atom is 0.234 e. The molecule has 10 heteroatoms. The Morgan fingerprint density at radius 3 is 2.28 bits per heavy atom. The Morgan fingerprint density at radius 2 is 1.59 bits per heavy atom. The Kier molecular flexibility index (Phi) is 8.34. The Labute approximate surface area is 194 Å². The lowest BCUT2D eigenvalue weighted by molar-refractivity contribution is -0.116. The van der Waals surface area contributed by atoms with Gasteiger partial charge in [-0.25, -0.2) is 4.98 Å². The van der Waals surface area contributed by atoms with Gasteiger partial charge in [-0.2, -0.15) is 0 Å². The number of carbonyl (C=O) groups excluding carboxylic acids is 2. The van der Waals surface area contributed by atoms with E-state index in [-0.39, 0.29) is 24.0 Å². The SMILES string of the molecule is COc1ccc(NC(=O)CSc2nc(CC(=O)Nc3ccc(OC)c(OC)c3)cs2)cc1. The number of anilines is 2. The van der Waals surface area contributed by atoms with Crippen LogP contribution in [0.1, 0.15) is 5.69 Å². The molecule has 2 N–H and O–H groups in total. The van der Waals surface area contributed by atoms with Crippen LogP contribution in [0.3, 0.4) is 0 Å². The largest absolute Gasteiger partial charge is 0.497 e. The number of hydrogen-bond donors (Lipinski definition) is 2. The Balaban J connectivity index is 1.47. The fourth-order valence-electron chi connectivity index (χ4n) is 2.72. The normalized spacial score (nSPS) is 10.3. The van der Waals surface area contributed by atoms with E-state index in [0.717, 1.165) is 10.1 Å². The van der Waals surface area contributed by atoms with Crippen molar-refractivity contribution in [2.24, 2.45) is 0 Å². The van der Waals surface area contributed by atoms with Crippen LogP contribution in [0.15, 0.2) is 52.2 Å². The minimum absolute atomic E-state index is 0.128. The molecule has 168 valence electrons. The summed E-state index contributed by atoms with van der Waals surface area (Å²) < 4.78 is 16.3. The van der Waals surface area contributed by atoms with Gasteiger partial charge in [-0.05, 0) is 36.4 Å². The van der Waals surface area contributed by atoms with Gasteiger partial charge in [-0.1, -0.05) is 11.8 Å². The van der Waals surface area contributed by atoms with Gasteiger partial charge in [0.1, 0.15) is 5.75 Å². The number of thioether (sulfide) groups is 1. The number of rotatable bonds is 10. The molecule has 2 amide bonds. The van der Waals surface area contributed by atoms with Crippen molar-refractivity contribution in [3.63, 3.8) is 0 Å². The van der Waals surface area contributed by atoms with Gasteiger partial charge in [0.2, 0.25) is 11.8 Å². The topological polar surface area (TPSA) is 98.8 Å². The summed E-state index contributed by atoms with van der Waals surface area (Å²) in [7, 11) is 4.68. The standard InChI is InChI=1S/C22H23N3O5S2/c1-28-17-7-4-14(5-8-17)23-21(27)13-32-22-25-16(12-31-22)11-20(26)24-15-6-9-18(29-2)19(10-15)30-3/h4-10,12H,11,13H2,1-3H3,(H,23,27)(H,24,26). The molecule has 3 aromatic rings. The van der Waals surface area contributed by atoms with Crippen molar-refractivity contribution in [2.75, 3.05) is 37.7 Å². The molecule has 0 atom stereocenters. The molecule has 0 saturated carbocycles. The number of nitrogens with zero attached hydrogens (tertiary/aromatic N) is 1. The minimum atomic E-state index is -0.198. The highest BCUT2D eigenvalue weighted by Crippen LogP contribution is 2.30. The van der Waals surface area contributed by atoms with Crippen LogP contribution in [0.4, 0.5) is 11.4 Å². The molecule has 0 spiro atoms. The molecule has 32 heavy (non-hydrogen) atoms. The van der Waals surface area contributed by atoms with Crippen LogP contribution >= 0.6 is 23.1 Å². The molecule has 0 aliphatic rings. The number of benzene rings is 2. The Bertz CT molecular complexity index is 1070. The average Bonchev–Trinajstić information content (AvgIpc) is 3.25. The minimum Gasteiger partial charge on any atom is -0.497 e. The third-order valence-corrected chi connectivity index (χ3v) is 6.31. The molecule has 1 aromatic heterocycles. The summed E-state index contributed by atoms with van der Waals surface area (Å²) in [5.41, 5.74) is 1.95. The number of carbonyl (C=O) groups is 2. The number of amides is 2. The Hall–Kier alpha value is -3.24. The van der Waals surface area contributed by atoms with Crippen LogP contribution in [0.5, 0.6) is 17.2 Å². The van der Waals surface area contributed by atoms with Crippen molar-refractivity contribution < 1.29 is 23.8 Å². The number of nitrogens with one attached hydrogen (secondary N) is 2. The molecular weight excluding hydrogens is 450 g/mol. The van der Waals surface area contributed by atoms with Crippen LogP contribution in [0.25, 0.3) is 0 Å². The van der Waals surface area contributed by atoms with Gasteiger partial charge in [0, 0.05) is 22.8 Å². The van der Waals surface area contributed by atoms with Crippen LogP contribution in [0, 0.1) is 0 Å². The maximum atomic E-state index is 12.4. The first-order valence-electron chi connectivity index (χ1n) is 9.53. The highest BCUT2D eigenvalue weighted by Gasteiger charge is 2.12. The second-order valence-corrected chi connectivity index (χ2v) is 8.55. The van der Waals surface area contributed by atoms with Crippen LogP contribution < -0.4 is 24.8 Å². The fraction of sp³-hybridized carbons (Fsp3) is 0.227. The second kappa shape index (κ2) is 11.4. The van der Waals surface area contributed by atoms with Crippen molar-refractivity contribution in [1.29, 1.82) is 0 Å². The van der Waals surface area contributed by atoms with E-state index in [0.29, 0.717) is 28.6 Å². The van der Waals surface area contributed by atoms with Gasteiger partial charge in [0.15, 0.2) is 15.8 Å². The fourth-order valence-corrected chi connectivity index (χ4v) is 4.36. The number of aromatic nitrogens is 1. The van der Waals surface area contributed by atoms with E-state index in [1.807, 2.05) is 5.38 Å². The van der Waals surface area contributed by atoms with Gasteiger partial charge in [-0.3, -0.25) is 9.59 Å². The van der Waals surface area contributed by atoms with Gasteiger partial charge in [-0.15, -0.1) is 11.3 Å². The molecule has 0 unspecified atom stereocenters. The lowest BCUT2D eigenvalue weighted by atomic mass is 10.2. The summed E-state index contributed by atoms with van der Waals surface area (Å²) in [6.45, 7) is 0. The number of ether oxygens (including phenoxy) is 3. The summed E-state index contributed by atoms with van der Waals surface area (Å²) in [5, 5.41) is 7.46. The van der Waals surface area contributed by atoms with Gasteiger partial charge in [0.05, 0.1) is 39.2 Å². The Morgan fingerprint density at radius 1 is 0.906 bits per heavy atom. The summed E-state index contributed by atoms with van der Waals surface area (Å²) in [5.74, 6) is 1.73. The zero-order chi connectivity index (χ0) is 22.9. The number of hydrogen-bond acceptors (Lipinski definition) is 8. The molecule has 2 aromatic carbocycles. The predicted octanol–water partition coefficient (Wildman–Crippen LogP) is 4.08. The maximum absolute atomic E-state index is 12.4. The molecule has 0 aliphatic heterocycles. The predicted molar refractivity (Wildman–Crippen MR) is 126 cm³/mol.